The molecule has 6 N–H and O–H groups in total. The summed E-state index contributed by atoms with van der Waals surface area (Å²) in [5.41, 5.74) is 4.95. The summed E-state index contributed by atoms with van der Waals surface area (Å²) in [6.45, 7) is 3.71. The lowest BCUT2D eigenvalue weighted by atomic mass is 9.75. The van der Waals surface area contributed by atoms with Crippen LogP contribution in [0.15, 0.2) is 0 Å². The van der Waals surface area contributed by atoms with Crippen molar-refractivity contribution in [2.45, 2.75) is 38.0 Å². The van der Waals surface area contributed by atoms with Crippen LogP contribution in [0.4, 0.5) is 0 Å². The van der Waals surface area contributed by atoms with E-state index in [0.717, 1.165) is 13.1 Å². The number of carboxylic acid groups (broad SMARTS) is 1. The lowest BCUT2D eigenvalue weighted by molar-refractivity contribution is -0.145. The minimum absolute atomic E-state index is 0.0599. The van der Waals surface area contributed by atoms with E-state index in [2.05, 4.69) is 12.2 Å². The van der Waals surface area contributed by atoms with Crippen molar-refractivity contribution >= 4 is 13.1 Å². The smallest absolute Gasteiger partial charge is 0.451 e. The van der Waals surface area contributed by atoms with E-state index in [9.17, 15) is 9.90 Å². The molecule has 2 fully saturated rings. The normalized spacial score (nSPS) is 41.3. The second-order valence-electron chi connectivity index (χ2n) is 6.43. The van der Waals surface area contributed by atoms with Gasteiger partial charge in [-0.25, -0.2) is 0 Å². The number of hydrogen-bond acceptors (Lipinski definition) is 5. The molecular weight excluding hydrogens is 247 g/mol. The van der Waals surface area contributed by atoms with Crippen LogP contribution in [0.2, 0.25) is 6.32 Å². The Hall–Kier alpha value is -0.625. The fourth-order valence-electron chi connectivity index (χ4n) is 4.08. The van der Waals surface area contributed by atoms with Crippen molar-refractivity contribution in [3.8, 4) is 0 Å². The van der Waals surface area contributed by atoms with Crippen LogP contribution in [0.1, 0.15) is 26.2 Å². The van der Waals surface area contributed by atoms with Gasteiger partial charge in [-0.05, 0) is 43.0 Å². The number of fused-ring (bicyclic) bond motifs is 1. The molecule has 1 aliphatic carbocycles. The first-order valence-corrected chi connectivity index (χ1v) is 6.89. The molecule has 7 heteroatoms. The summed E-state index contributed by atoms with van der Waals surface area (Å²) in [6.07, 6.45) is 1.96. The average molecular weight is 270 g/mol. The molecule has 1 heterocycles. The maximum absolute atomic E-state index is 11.6. The summed E-state index contributed by atoms with van der Waals surface area (Å²) in [7, 11) is -1.33. The number of rotatable bonds is 5. The van der Waals surface area contributed by atoms with Crippen molar-refractivity contribution in [3.05, 3.63) is 0 Å². The van der Waals surface area contributed by atoms with E-state index in [1.807, 2.05) is 0 Å². The lowest BCUT2D eigenvalue weighted by Crippen LogP contribution is -2.53. The third kappa shape index (κ3) is 2.52. The summed E-state index contributed by atoms with van der Waals surface area (Å²) in [5.74, 6) is -0.786. The second kappa shape index (κ2) is 5.05. The van der Waals surface area contributed by atoms with Gasteiger partial charge in [0.25, 0.3) is 0 Å². The van der Waals surface area contributed by atoms with E-state index >= 15 is 0 Å². The number of nitrogens with two attached hydrogens (primary N) is 1. The van der Waals surface area contributed by atoms with Crippen LogP contribution in [-0.4, -0.2) is 46.9 Å². The summed E-state index contributed by atoms with van der Waals surface area (Å²) < 4.78 is 0. The maximum Gasteiger partial charge on any atom is 0.451 e. The van der Waals surface area contributed by atoms with E-state index in [0.29, 0.717) is 19.3 Å². The summed E-state index contributed by atoms with van der Waals surface area (Å²) >= 11 is 0. The summed E-state index contributed by atoms with van der Waals surface area (Å²) in [4.78, 5) is 11.6. The van der Waals surface area contributed by atoms with Gasteiger partial charge in [-0.3, -0.25) is 4.79 Å². The van der Waals surface area contributed by atoms with Crippen LogP contribution in [0.3, 0.4) is 0 Å². The Kier molecular flexibility index (Phi) is 3.93. The van der Waals surface area contributed by atoms with Crippen LogP contribution >= 0.6 is 0 Å². The molecule has 0 radical (unpaired) electrons. The molecule has 6 nitrogen and oxygen atoms in total. The van der Waals surface area contributed by atoms with Gasteiger partial charge in [0.15, 0.2) is 0 Å². The average Bonchev–Trinajstić information content (AvgIpc) is 2.73. The first-order chi connectivity index (χ1) is 8.79. The topological polar surface area (TPSA) is 116 Å². The molecule has 2 rings (SSSR count). The molecule has 1 saturated carbocycles. The Balaban J connectivity index is 2.13. The molecule has 1 saturated heterocycles. The van der Waals surface area contributed by atoms with Gasteiger partial charge in [0.1, 0.15) is 5.54 Å². The van der Waals surface area contributed by atoms with Crippen molar-refractivity contribution in [3.63, 3.8) is 0 Å². The van der Waals surface area contributed by atoms with Crippen molar-refractivity contribution in [2.75, 3.05) is 13.1 Å². The fraction of sp³-hybridized carbons (Fsp3) is 0.917. The molecule has 0 bridgehead atoms. The SMILES string of the molecule is CC12CNCC1C(CCCB(O)O)C(N)(C(=O)O)C2. The zero-order valence-corrected chi connectivity index (χ0v) is 11.3. The summed E-state index contributed by atoms with van der Waals surface area (Å²) in [5, 5.41) is 30.6. The number of nitrogens with one attached hydrogen (secondary N) is 1. The Labute approximate surface area is 113 Å². The highest BCUT2D eigenvalue weighted by Gasteiger charge is 2.61. The molecule has 0 aromatic carbocycles. The second-order valence-corrected chi connectivity index (χ2v) is 6.43. The Morgan fingerprint density at radius 3 is 2.79 bits per heavy atom. The molecule has 19 heavy (non-hydrogen) atoms. The number of hydrogen-bond donors (Lipinski definition) is 5. The molecule has 0 amide bonds. The van der Waals surface area contributed by atoms with Gasteiger partial charge < -0.3 is 26.2 Å². The van der Waals surface area contributed by atoms with E-state index < -0.39 is 18.6 Å². The van der Waals surface area contributed by atoms with Gasteiger partial charge >= 0.3 is 13.1 Å². The minimum Gasteiger partial charge on any atom is -0.480 e. The van der Waals surface area contributed by atoms with Crippen molar-refractivity contribution in [2.24, 2.45) is 23.0 Å². The maximum atomic E-state index is 11.6. The van der Waals surface area contributed by atoms with Crippen LogP contribution < -0.4 is 11.1 Å². The van der Waals surface area contributed by atoms with E-state index in [1.165, 1.54) is 0 Å². The van der Waals surface area contributed by atoms with Gasteiger partial charge in [-0.15, -0.1) is 0 Å². The quantitative estimate of drug-likeness (QED) is 0.420. The van der Waals surface area contributed by atoms with Gasteiger partial charge in [-0.2, -0.15) is 0 Å². The third-order valence-electron chi connectivity index (χ3n) is 5.01. The Morgan fingerprint density at radius 1 is 1.53 bits per heavy atom. The Morgan fingerprint density at radius 2 is 2.21 bits per heavy atom. The standard InChI is InChI=1S/C12H23BN2O4/c1-11-6-12(14,10(16)17)8(3-2-4-13(18)19)9(11)5-15-7-11/h8-9,15,18-19H,2-7,14H2,1H3,(H,16,17). The van der Waals surface area contributed by atoms with Crippen LogP contribution in [0, 0.1) is 17.3 Å². The highest BCUT2D eigenvalue weighted by atomic mass is 16.4. The van der Waals surface area contributed by atoms with Crippen molar-refractivity contribution < 1.29 is 19.9 Å². The monoisotopic (exact) mass is 270 g/mol. The highest BCUT2D eigenvalue weighted by Crippen LogP contribution is 2.54. The zero-order chi connectivity index (χ0) is 14.3. The van der Waals surface area contributed by atoms with Gasteiger partial charge in [-0.1, -0.05) is 13.3 Å². The van der Waals surface area contributed by atoms with E-state index in [4.69, 9.17) is 15.8 Å². The fourth-order valence-corrected chi connectivity index (χ4v) is 4.08. The largest absolute Gasteiger partial charge is 0.480 e. The highest BCUT2D eigenvalue weighted by molar-refractivity contribution is 6.40. The van der Waals surface area contributed by atoms with Crippen molar-refractivity contribution in [1.82, 2.24) is 5.32 Å². The first-order valence-electron chi connectivity index (χ1n) is 6.89. The van der Waals surface area contributed by atoms with Gasteiger partial charge in [0.05, 0.1) is 0 Å². The summed E-state index contributed by atoms with van der Waals surface area (Å²) in [6, 6.07) is 0. The third-order valence-corrected chi connectivity index (χ3v) is 5.01. The lowest BCUT2D eigenvalue weighted by Gasteiger charge is -2.30. The Bertz CT molecular complexity index is 368. The van der Waals surface area contributed by atoms with Crippen molar-refractivity contribution in [1.29, 1.82) is 0 Å². The molecule has 4 unspecified atom stereocenters. The molecule has 0 aromatic heterocycles. The van der Waals surface area contributed by atoms with Gasteiger partial charge in [0, 0.05) is 6.54 Å². The predicted molar refractivity (Wildman–Crippen MR) is 71.4 cm³/mol. The van der Waals surface area contributed by atoms with Crippen LogP contribution in [-0.2, 0) is 4.79 Å². The minimum atomic E-state index is -1.33. The van der Waals surface area contributed by atoms with E-state index in [1.54, 1.807) is 0 Å². The first kappa shape index (κ1) is 14.8. The number of aliphatic carboxylic acids is 1. The number of carbonyl (C=O) groups is 1. The zero-order valence-electron chi connectivity index (χ0n) is 11.3. The molecule has 1 aliphatic heterocycles. The van der Waals surface area contributed by atoms with E-state index in [-0.39, 0.29) is 23.6 Å². The molecule has 0 aromatic rings. The molecule has 4 atom stereocenters. The molecule has 2 aliphatic rings. The predicted octanol–water partition coefficient (Wildman–Crippen LogP) is -0.733. The van der Waals surface area contributed by atoms with Gasteiger partial charge in [0.2, 0.25) is 0 Å². The molecule has 108 valence electrons. The molecule has 0 spiro atoms. The van der Waals surface area contributed by atoms with Crippen LogP contribution in [0.25, 0.3) is 0 Å². The molecular formula is C12H23BN2O4. The number of carboxylic acids is 1. The van der Waals surface area contributed by atoms with Crippen LogP contribution in [0.5, 0.6) is 0 Å².